The first-order chi connectivity index (χ1) is 10.0. The lowest BCUT2D eigenvalue weighted by Crippen LogP contribution is -2.33. The van der Waals surface area contributed by atoms with Crippen molar-refractivity contribution in [1.29, 1.82) is 0 Å². The first-order valence-electron chi connectivity index (χ1n) is 6.50. The highest BCUT2D eigenvalue weighted by atomic mass is 35.5. The number of nitrogens with zero attached hydrogens (tertiary/aromatic N) is 2. The number of rotatable bonds is 3. The molecular formula is C13H16ClN3O4S. The van der Waals surface area contributed by atoms with Crippen LogP contribution in [0.4, 0.5) is 0 Å². The van der Waals surface area contributed by atoms with Crippen LogP contribution >= 0.6 is 12.4 Å². The topological polar surface area (TPSA) is 94.3 Å². The summed E-state index contributed by atoms with van der Waals surface area (Å²) in [4.78, 5) is 4.56. The summed E-state index contributed by atoms with van der Waals surface area (Å²) < 4.78 is 33.6. The fraction of sp³-hybridized carbons (Fsp3) is 0.385. The molecule has 2 aromatic rings. The van der Waals surface area contributed by atoms with E-state index in [0.717, 1.165) is 6.54 Å². The van der Waals surface area contributed by atoms with Crippen LogP contribution in [0.2, 0.25) is 0 Å². The maximum atomic E-state index is 11.4. The highest BCUT2D eigenvalue weighted by molar-refractivity contribution is 7.90. The smallest absolute Gasteiger partial charge is 0.257 e. The molecule has 0 amide bonds. The molecule has 120 valence electrons. The second-order valence-electron chi connectivity index (χ2n) is 4.82. The minimum absolute atomic E-state index is 0. The molecule has 0 spiro atoms. The number of hydrogen-bond donors (Lipinski definition) is 1. The first kappa shape index (κ1) is 16.9. The Morgan fingerprint density at radius 1 is 1.27 bits per heavy atom. The molecule has 0 unspecified atom stereocenters. The van der Waals surface area contributed by atoms with E-state index in [-0.39, 0.29) is 23.4 Å². The van der Waals surface area contributed by atoms with E-state index in [2.05, 4.69) is 15.5 Å². The van der Waals surface area contributed by atoms with Crippen LogP contribution in [-0.4, -0.2) is 44.5 Å². The summed E-state index contributed by atoms with van der Waals surface area (Å²) >= 11 is 0. The van der Waals surface area contributed by atoms with Gasteiger partial charge in [0.1, 0.15) is 6.10 Å². The third kappa shape index (κ3) is 3.64. The molecule has 22 heavy (non-hydrogen) atoms. The summed E-state index contributed by atoms with van der Waals surface area (Å²) in [6.07, 6.45) is 0.928. The zero-order valence-corrected chi connectivity index (χ0v) is 13.5. The molecule has 1 aliphatic heterocycles. The molecule has 1 aromatic carbocycles. The van der Waals surface area contributed by atoms with Gasteiger partial charge in [0.05, 0.1) is 11.5 Å². The van der Waals surface area contributed by atoms with Crippen LogP contribution in [0.5, 0.6) is 0 Å². The van der Waals surface area contributed by atoms with Gasteiger partial charge in [0.2, 0.25) is 5.82 Å². The lowest BCUT2D eigenvalue weighted by molar-refractivity contribution is 0.00755. The third-order valence-electron chi connectivity index (χ3n) is 3.19. The number of aromatic nitrogens is 2. The zero-order valence-electron chi connectivity index (χ0n) is 11.9. The summed E-state index contributed by atoms with van der Waals surface area (Å²) in [6.45, 7) is 2.05. The molecule has 0 saturated carbocycles. The van der Waals surface area contributed by atoms with Gasteiger partial charge < -0.3 is 14.6 Å². The van der Waals surface area contributed by atoms with Gasteiger partial charge in [-0.25, -0.2) is 8.42 Å². The van der Waals surface area contributed by atoms with Crippen molar-refractivity contribution in [2.75, 3.05) is 26.0 Å². The van der Waals surface area contributed by atoms with Crippen molar-refractivity contribution in [1.82, 2.24) is 15.5 Å². The minimum atomic E-state index is -3.21. The molecule has 1 aliphatic rings. The molecule has 0 radical (unpaired) electrons. The SMILES string of the molecule is CS(=O)(=O)c1ccc(-c2noc([C@H]3CNCCO3)n2)cc1.Cl. The van der Waals surface area contributed by atoms with Crippen molar-refractivity contribution in [2.24, 2.45) is 0 Å². The molecule has 1 fully saturated rings. The van der Waals surface area contributed by atoms with E-state index in [0.29, 0.717) is 30.4 Å². The fourth-order valence-electron chi connectivity index (χ4n) is 2.06. The molecular weight excluding hydrogens is 330 g/mol. The number of morpholine rings is 1. The highest BCUT2D eigenvalue weighted by Gasteiger charge is 2.22. The molecule has 0 bridgehead atoms. The number of ether oxygens (including phenoxy) is 1. The number of halogens is 1. The molecule has 0 aliphatic carbocycles. The summed E-state index contributed by atoms with van der Waals surface area (Å²) in [5.74, 6) is 0.837. The Morgan fingerprint density at radius 2 is 2.00 bits per heavy atom. The Hall–Kier alpha value is -1.48. The van der Waals surface area contributed by atoms with Crippen LogP contribution in [0.1, 0.15) is 12.0 Å². The summed E-state index contributed by atoms with van der Waals surface area (Å²) in [6, 6.07) is 6.37. The van der Waals surface area contributed by atoms with E-state index in [1.54, 1.807) is 12.1 Å². The second kappa shape index (κ2) is 6.74. The maximum absolute atomic E-state index is 11.4. The largest absolute Gasteiger partial charge is 0.366 e. The second-order valence-corrected chi connectivity index (χ2v) is 6.83. The first-order valence-corrected chi connectivity index (χ1v) is 8.39. The van der Waals surface area contributed by atoms with Crippen LogP contribution in [0.15, 0.2) is 33.7 Å². The van der Waals surface area contributed by atoms with Gasteiger partial charge in [-0.05, 0) is 24.3 Å². The molecule has 7 nitrogen and oxygen atoms in total. The van der Waals surface area contributed by atoms with Gasteiger partial charge in [-0.3, -0.25) is 0 Å². The summed E-state index contributed by atoms with van der Waals surface area (Å²) in [5, 5.41) is 7.10. The average molecular weight is 346 g/mol. The maximum Gasteiger partial charge on any atom is 0.257 e. The van der Waals surface area contributed by atoms with Crippen molar-refractivity contribution < 1.29 is 17.7 Å². The Balaban J connectivity index is 0.00000176. The molecule has 1 aromatic heterocycles. The van der Waals surface area contributed by atoms with Gasteiger partial charge in [-0.15, -0.1) is 12.4 Å². The van der Waals surface area contributed by atoms with Gasteiger partial charge in [-0.2, -0.15) is 4.98 Å². The lowest BCUT2D eigenvalue weighted by atomic mass is 10.2. The number of benzene rings is 1. The standard InChI is InChI=1S/C13H15N3O4S.ClH/c1-21(17,18)10-4-2-9(3-5-10)12-15-13(20-16-12)11-8-14-6-7-19-11;/h2-5,11,14H,6-8H2,1H3;1H/t11-;/m1./s1. The predicted molar refractivity (Wildman–Crippen MR) is 81.7 cm³/mol. The van der Waals surface area contributed by atoms with E-state index in [9.17, 15) is 8.42 Å². The predicted octanol–water partition coefficient (Wildman–Crippen LogP) is 1.22. The van der Waals surface area contributed by atoms with Crippen LogP contribution in [0, 0.1) is 0 Å². The molecule has 2 heterocycles. The number of sulfone groups is 1. The average Bonchev–Trinajstić information content (AvgIpc) is 2.97. The minimum Gasteiger partial charge on any atom is -0.366 e. The highest BCUT2D eigenvalue weighted by Crippen LogP contribution is 2.22. The molecule has 1 saturated heterocycles. The van der Waals surface area contributed by atoms with Crippen LogP contribution in [0.25, 0.3) is 11.4 Å². The van der Waals surface area contributed by atoms with E-state index in [4.69, 9.17) is 9.26 Å². The number of hydrogen-bond acceptors (Lipinski definition) is 7. The molecule has 1 N–H and O–H groups in total. The Kier molecular flexibility index (Phi) is 5.17. The normalized spacial score (nSPS) is 18.7. The molecule has 1 atom stereocenters. The summed E-state index contributed by atoms with van der Waals surface area (Å²) in [5.41, 5.74) is 0.696. The van der Waals surface area contributed by atoms with Crippen molar-refractivity contribution in [2.45, 2.75) is 11.0 Å². The van der Waals surface area contributed by atoms with E-state index in [1.165, 1.54) is 18.4 Å². The monoisotopic (exact) mass is 345 g/mol. The van der Waals surface area contributed by atoms with Crippen molar-refractivity contribution in [3.63, 3.8) is 0 Å². The van der Waals surface area contributed by atoms with Crippen molar-refractivity contribution in [3.05, 3.63) is 30.2 Å². The van der Waals surface area contributed by atoms with Crippen LogP contribution in [-0.2, 0) is 14.6 Å². The molecule has 3 rings (SSSR count). The van der Waals surface area contributed by atoms with Crippen LogP contribution in [0.3, 0.4) is 0 Å². The summed E-state index contributed by atoms with van der Waals surface area (Å²) in [7, 11) is -3.21. The van der Waals surface area contributed by atoms with Gasteiger partial charge in [0.25, 0.3) is 5.89 Å². The van der Waals surface area contributed by atoms with Crippen molar-refractivity contribution >= 4 is 22.2 Å². The Morgan fingerprint density at radius 3 is 2.59 bits per heavy atom. The molecule has 9 heteroatoms. The van der Waals surface area contributed by atoms with Crippen LogP contribution < -0.4 is 5.32 Å². The lowest BCUT2D eigenvalue weighted by Gasteiger charge is -2.19. The third-order valence-corrected chi connectivity index (χ3v) is 4.31. The Labute approximate surface area is 134 Å². The van der Waals surface area contributed by atoms with Gasteiger partial charge >= 0.3 is 0 Å². The van der Waals surface area contributed by atoms with Gasteiger partial charge in [0, 0.05) is 24.9 Å². The van der Waals surface area contributed by atoms with E-state index < -0.39 is 9.84 Å². The number of nitrogens with one attached hydrogen (secondary N) is 1. The Bertz CT molecular complexity index is 724. The fourth-order valence-corrected chi connectivity index (χ4v) is 2.69. The van der Waals surface area contributed by atoms with Gasteiger partial charge in [-0.1, -0.05) is 5.16 Å². The zero-order chi connectivity index (χ0) is 14.9. The van der Waals surface area contributed by atoms with E-state index in [1.807, 2.05) is 0 Å². The van der Waals surface area contributed by atoms with E-state index >= 15 is 0 Å². The van der Waals surface area contributed by atoms with Crippen molar-refractivity contribution in [3.8, 4) is 11.4 Å². The quantitative estimate of drug-likeness (QED) is 0.893. The van der Waals surface area contributed by atoms with Gasteiger partial charge in [0.15, 0.2) is 9.84 Å².